The van der Waals surface area contributed by atoms with E-state index in [1.54, 1.807) is 6.20 Å². The zero-order chi connectivity index (χ0) is 18.9. The Morgan fingerprint density at radius 2 is 1.92 bits per heavy atom. The van der Waals surface area contributed by atoms with Crippen molar-refractivity contribution in [3.05, 3.63) is 65.1 Å². The van der Waals surface area contributed by atoms with Crippen LogP contribution in [0, 0.1) is 0 Å². The van der Waals surface area contributed by atoms with Crippen LogP contribution in [0.25, 0.3) is 5.65 Å². The van der Waals surface area contributed by atoms with Gasteiger partial charge in [-0.15, -0.1) is 0 Å². The first kappa shape index (κ1) is 18.1. The molecule has 0 aliphatic carbocycles. The molecule has 1 aromatic carbocycles. The number of hydrogen-bond acceptors (Lipinski definition) is 3. The monoisotopic (exact) mass is 350 g/mol. The van der Waals surface area contributed by atoms with Gasteiger partial charge in [0.1, 0.15) is 0 Å². The van der Waals surface area contributed by atoms with Gasteiger partial charge in [0.05, 0.1) is 23.0 Å². The average molecular weight is 350 g/mol. The predicted molar refractivity (Wildman–Crippen MR) is 103 cm³/mol. The van der Waals surface area contributed by atoms with Gasteiger partial charge >= 0.3 is 0 Å². The Labute approximate surface area is 154 Å². The van der Waals surface area contributed by atoms with E-state index < -0.39 is 0 Å². The molecule has 0 radical (unpaired) electrons. The van der Waals surface area contributed by atoms with Gasteiger partial charge in [0.25, 0.3) is 5.91 Å². The number of fused-ring (bicyclic) bond motifs is 1. The van der Waals surface area contributed by atoms with Gasteiger partial charge in [-0.25, -0.2) is 9.50 Å². The van der Waals surface area contributed by atoms with Gasteiger partial charge in [0.2, 0.25) is 0 Å². The van der Waals surface area contributed by atoms with Crippen LogP contribution < -0.4 is 5.32 Å². The van der Waals surface area contributed by atoms with E-state index in [1.807, 2.05) is 54.8 Å². The lowest BCUT2D eigenvalue weighted by molar-refractivity contribution is 0.0938. The van der Waals surface area contributed by atoms with Crippen LogP contribution in [-0.2, 0) is 11.8 Å². The van der Waals surface area contributed by atoms with Crippen molar-refractivity contribution in [2.45, 2.75) is 52.5 Å². The molecule has 0 saturated carbocycles. The van der Waals surface area contributed by atoms with Gasteiger partial charge in [0, 0.05) is 17.7 Å². The quantitative estimate of drug-likeness (QED) is 0.771. The Morgan fingerprint density at radius 3 is 2.54 bits per heavy atom. The molecule has 2 aromatic heterocycles. The van der Waals surface area contributed by atoms with Crippen molar-refractivity contribution in [3.63, 3.8) is 0 Å². The Bertz CT molecular complexity index is 922. The summed E-state index contributed by atoms with van der Waals surface area (Å²) in [5.74, 6) is -0.125. The fourth-order valence-electron chi connectivity index (χ4n) is 2.98. The highest BCUT2D eigenvalue weighted by Crippen LogP contribution is 2.23. The maximum atomic E-state index is 12.9. The molecular weight excluding hydrogens is 324 g/mol. The largest absolute Gasteiger partial charge is 0.345 e. The van der Waals surface area contributed by atoms with Gasteiger partial charge < -0.3 is 5.32 Å². The summed E-state index contributed by atoms with van der Waals surface area (Å²) in [5, 5.41) is 7.78. The lowest BCUT2D eigenvalue weighted by Gasteiger charge is -2.16. The molecule has 0 bridgehead atoms. The van der Waals surface area contributed by atoms with E-state index in [1.165, 1.54) is 0 Å². The minimum atomic E-state index is -0.125. The molecule has 1 unspecified atom stereocenters. The van der Waals surface area contributed by atoms with E-state index in [0.717, 1.165) is 22.6 Å². The zero-order valence-corrected chi connectivity index (χ0v) is 16.1. The van der Waals surface area contributed by atoms with Crippen LogP contribution in [0.5, 0.6) is 0 Å². The summed E-state index contributed by atoms with van der Waals surface area (Å²) < 4.78 is 1.81. The number of nitrogens with zero attached hydrogens (tertiary/aromatic N) is 3. The molecule has 1 amide bonds. The number of aromatic nitrogens is 3. The van der Waals surface area contributed by atoms with Crippen molar-refractivity contribution in [3.8, 4) is 0 Å². The standard InChI is InChI=1S/C21H26N4O/c1-6-17-16(20(26)23-14(2)15-10-8-7-9-11-15)13-22-19-12-18(21(3,4)5)24-25(17)19/h7-14H,6H2,1-5H3,(H,23,26). The molecule has 1 N–H and O–H groups in total. The zero-order valence-electron chi connectivity index (χ0n) is 16.1. The number of carbonyl (C=O) groups is 1. The highest BCUT2D eigenvalue weighted by molar-refractivity contribution is 5.95. The van der Waals surface area contributed by atoms with Crippen LogP contribution in [0.4, 0.5) is 0 Å². The third-order valence-electron chi connectivity index (χ3n) is 4.58. The fraction of sp³-hybridized carbons (Fsp3) is 0.381. The van der Waals surface area contributed by atoms with E-state index in [4.69, 9.17) is 5.10 Å². The number of amides is 1. The van der Waals surface area contributed by atoms with Crippen LogP contribution in [0.2, 0.25) is 0 Å². The predicted octanol–water partition coefficient (Wildman–Crippen LogP) is 4.08. The van der Waals surface area contributed by atoms with Crippen molar-refractivity contribution in [2.24, 2.45) is 0 Å². The SMILES string of the molecule is CCc1c(C(=O)NC(C)c2ccccc2)cnc2cc(C(C)(C)C)nn12. The maximum absolute atomic E-state index is 12.9. The van der Waals surface area contributed by atoms with E-state index in [0.29, 0.717) is 12.0 Å². The Hall–Kier alpha value is -2.69. The molecule has 0 aliphatic rings. The summed E-state index contributed by atoms with van der Waals surface area (Å²) in [5.41, 5.74) is 4.20. The van der Waals surface area contributed by atoms with E-state index >= 15 is 0 Å². The van der Waals surface area contributed by atoms with Crippen LogP contribution in [0.15, 0.2) is 42.6 Å². The number of benzene rings is 1. The van der Waals surface area contributed by atoms with Crippen molar-refractivity contribution in [1.82, 2.24) is 19.9 Å². The second-order valence-corrected chi connectivity index (χ2v) is 7.63. The molecule has 3 aromatic rings. The van der Waals surface area contributed by atoms with Crippen LogP contribution in [-0.4, -0.2) is 20.5 Å². The summed E-state index contributed by atoms with van der Waals surface area (Å²) in [7, 11) is 0. The van der Waals surface area contributed by atoms with Gasteiger partial charge in [-0.3, -0.25) is 4.79 Å². The number of nitrogens with one attached hydrogen (secondary N) is 1. The minimum absolute atomic E-state index is 0.0665. The summed E-state index contributed by atoms with van der Waals surface area (Å²) in [6.07, 6.45) is 2.36. The summed E-state index contributed by atoms with van der Waals surface area (Å²) in [6, 6.07) is 11.9. The fourth-order valence-corrected chi connectivity index (χ4v) is 2.98. The summed E-state index contributed by atoms with van der Waals surface area (Å²) in [6.45, 7) is 10.4. The Morgan fingerprint density at radius 1 is 1.23 bits per heavy atom. The summed E-state index contributed by atoms with van der Waals surface area (Å²) >= 11 is 0. The van der Waals surface area contributed by atoms with Gasteiger partial charge in [-0.1, -0.05) is 58.0 Å². The molecular formula is C21H26N4O. The smallest absolute Gasteiger partial charge is 0.255 e. The van der Waals surface area contributed by atoms with Crippen molar-refractivity contribution >= 4 is 11.6 Å². The van der Waals surface area contributed by atoms with Gasteiger partial charge in [-0.05, 0) is 18.9 Å². The average Bonchev–Trinajstić information content (AvgIpc) is 3.06. The highest BCUT2D eigenvalue weighted by Gasteiger charge is 2.22. The van der Waals surface area contributed by atoms with Gasteiger partial charge in [0.15, 0.2) is 5.65 Å². The molecule has 26 heavy (non-hydrogen) atoms. The molecule has 2 heterocycles. The first-order valence-electron chi connectivity index (χ1n) is 9.05. The second-order valence-electron chi connectivity index (χ2n) is 7.63. The number of aryl methyl sites for hydroxylation is 1. The maximum Gasteiger partial charge on any atom is 0.255 e. The molecule has 0 saturated heterocycles. The Kier molecular flexibility index (Phi) is 4.81. The first-order chi connectivity index (χ1) is 12.3. The van der Waals surface area contributed by atoms with E-state index in [9.17, 15) is 4.79 Å². The normalized spacial score (nSPS) is 13.0. The molecule has 5 nitrogen and oxygen atoms in total. The lowest BCUT2D eigenvalue weighted by Crippen LogP contribution is -2.28. The molecule has 1 atom stereocenters. The van der Waals surface area contributed by atoms with Crippen molar-refractivity contribution in [1.29, 1.82) is 0 Å². The van der Waals surface area contributed by atoms with E-state index in [2.05, 4.69) is 31.1 Å². The van der Waals surface area contributed by atoms with E-state index in [-0.39, 0.29) is 17.4 Å². The number of rotatable bonds is 4. The minimum Gasteiger partial charge on any atom is -0.345 e. The number of carbonyl (C=O) groups excluding carboxylic acids is 1. The molecule has 136 valence electrons. The third kappa shape index (κ3) is 3.47. The van der Waals surface area contributed by atoms with Crippen LogP contribution in [0.1, 0.15) is 68.0 Å². The van der Waals surface area contributed by atoms with Crippen LogP contribution in [0.3, 0.4) is 0 Å². The van der Waals surface area contributed by atoms with Gasteiger partial charge in [-0.2, -0.15) is 5.10 Å². The van der Waals surface area contributed by atoms with Crippen LogP contribution >= 0.6 is 0 Å². The lowest BCUT2D eigenvalue weighted by atomic mass is 9.93. The number of hydrogen-bond donors (Lipinski definition) is 1. The molecule has 0 aliphatic heterocycles. The first-order valence-corrected chi connectivity index (χ1v) is 9.05. The molecule has 0 fully saturated rings. The second kappa shape index (κ2) is 6.90. The third-order valence-corrected chi connectivity index (χ3v) is 4.58. The molecule has 5 heteroatoms. The molecule has 0 spiro atoms. The molecule has 3 rings (SSSR count). The topological polar surface area (TPSA) is 59.3 Å². The Balaban J connectivity index is 1.95. The highest BCUT2D eigenvalue weighted by atomic mass is 16.1. The van der Waals surface area contributed by atoms with Crippen molar-refractivity contribution in [2.75, 3.05) is 0 Å². The summed E-state index contributed by atoms with van der Waals surface area (Å²) in [4.78, 5) is 17.3. The van der Waals surface area contributed by atoms with Crippen molar-refractivity contribution < 1.29 is 4.79 Å².